The Kier molecular flexibility index (Phi) is 9.93. The summed E-state index contributed by atoms with van der Waals surface area (Å²) in [6.07, 6.45) is 0.824. The monoisotopic (exact) mass is 443 g/mol. The fraction of sp³-hybridized carbons (Fsp3) is 0.348. The predicted molar refractivity (Wildman–Crippen MR) is 126 cm³/mol. The first-order chi connectivity index (χ1) is 14.9. The first-order valence-corrected chi connectivity index (χ1v) is 10.7. The van der Waals surface area contributed by atoms with Crippen LogP contribution < -0.4 is 20.7 Å². The van der Waals surface area contributed by atoms with E-state index in [1.54, 1.807) is 48.5 Å². The minimum Gasteiger partial charge on any atom is -0.491 e. The van der Waals surface area contributed by atoms with Crippen molar-refractivity contribution in [1.82, 2.24) is 10.6 Å². The van der Waals surface area contributed by atoms with E-state index in [4.69, 9.17) is 21.7 Å². The molecule has 0 aromatic heterocycles. The topological polar surface area (TPSA) is 88.7 Å². The van der Waals surface area contributed by atoms with Crippen LogP contribution in [0.4, 0.5) is 5.69 Å². The van der Waals surface area contributed by atoms with Crippen molar-refractivity contribution in [2.75, 3.05) is 25.1 Å². The first-order valence-electron chi connectivity index (χ1n) is 10.3. The minimum absolute atomic E-state index is 0.0511. The lowest BCUT2D eigenvalue weighted by atomic mass is 10.1. The fourth-order valence-corrected chi connectivity index (χ4v) is 2.82. The van der Waals surface area contributed by atoms with Crippen LogP contribution >= 0.6 is 12.2 Å². The summed E-state index contributed by atoms with van der Waals surface area (Å²) in [5.41, 5.74) is 1.37. The highest BCUT2D eigenvalue weighted by molar-refractivity contribution is 7.80. The van der Waals surface area contributed by atoms with Gasteiger partial charge in [-0.15, -0.1) is 0 Å². The first kappa shape index (κ1) is 24.3. The Labute approximate surface area is 188 Å². The number of anilines is 1. The molecule has 0 aliphatic heterocycles. The summed E-state index contributed by atoms with van der Waals surface area (Å²) in [5, 5.41) is 8.59. The minimum atomic E-state index is -0.380. The standard InChI is InChI=1S/C23H29N3O4S/c1-4-16(3)24-22(28)19-11-6-7-12-20(19)25-23(31)26-21(27)17-9-8-10-18(15-17)30-14-13-29-5-2/h6-12,15-16H,4-5,13-14H2,1-3H3,(H,24,28)(H2,25,26,27,31). The van der Waals surface area contributed by atoms with E-state index in [2.05, 4.69) is 16.0 Å². The Morgan fingerprint density at radius 1 is 1.03 bits per heavy atom. The number of carbonyl (C=O) groups is 2. The Hall–Kier alpha value is -2.97. The summed E-state index contributed by atoms with van der Waals surface area (Å²) in [6.45, 7) is 7.35. The molecular weight excluding hydrogens is 414 g/mol. The number of hydrogen-bond donors (Lipinski definition) is 3. The fourth-order valence-electron chi connectivity index (χ4n) is 2.61. The summed E-state index contributed by atoms with van der Waals surface area (Å²) in [5.74, 6) is -0.0175. The van der Waals surface area contributed by atoms with Crippen LogP contribution in [0.3, 0.4) is 0 Å². The van der Waals surface area contributed by atoms with Gasteiger partial charge in [-0.05, 0) is 62.8 Å². The third kappa shape index (κ3) is 7.99. The lowest BCUT2D eigenvalue weighted by Gasteiger charge is -2.16. The van der Waals surface area contributed by atoms with E-state index >= 15 is 0 Å². The normalized spacial score (nSPS) is 11.3. The summed E-state index contributed by atoms with van der Waals surface area (Å²) < 4.78 is 10.8. The van der Waals surface area contributed by atoms with Crippen LogP contribution in [0.5, 0.6) is 5.75 Å². The zero-order valence-electron chi connectivity index (χ0n) is 18.1. The van der Waals surface area contributed by atoms with Crippen molar-refractivity contribution in [2.45, 2.75) is 33.2 Å². The van der Waals surface area contributed by atoms with Crippen LogP contribution in [0.25, 0.3) is 0 Å². The number of rotatable bonds is 10. The van der Waals surface area contributed by atoms with E-state index in [1.807, 2.05) is 20.8 Å². The zero-order valence-corrected chi connectivity index (χ0v) is 18.9. The third-order valence-corrected chi connectivity index (χ3v) is 4.64. The molecule has 2 aromatic rings. The van der Waals surface area contributed by atoms with E-state index < -0.39 is 0 Å². The Balaban J connectivity index is 1.99. The third-order valence-electron chi connectivity index (χ3n) is 4.43. The van der Waals surface area contributed by atoms with E-state index in [9.17, 15) is 9.59 Å². The van der Waals surface area contributed by atoms with Crippen molar-refractivity contribution >= 4 is 34.8 Å². The van der Waals surface area contributed by atoms with Gasteiger partial charge < -0.3 is 20.1 Å². The van der Waals surface area contributed by atoms with Crippen molar-refractivity contribution < 1.29 is 19.1 Å². The van der Waals surface area contributed by atoms with E-state index in [1.165, 1.54) is 0 Å². The van der Waals surface area contributed by atoms with Crippen molar-refractivity contribution in [3.8, 4) is 5.75 Å². The molecule has 0 aliphatic rings. The SMILES string of the molecule is CCOCCOc1cccc(C(=O)NC(=S)Nc2ccccc2C(=O)NC(C)CC)c1. The van der Waals surface area contributed by atoms with Gasteiger partial charge in [0, 0.05) is 18.2 Å². The second kappa shape index (κ2) is 12.7. The lowest BCUT2D eigenvalue weighted by molar-refractivity contribution is 0.0938. The van der Waals surface area contributed by atoms with Gasteiger partial charge in [-0.2, -0.15) is 0 Å². The molecule has 1 atom stereocenters. The number of amides is 2. The summed E-state index contributed by atoms with van der Waals surface area (Å²) in [6, 6.07) is 13.9. The highest BCUT2D eigenvalue weighted by Crippen LogP contribution is 2.16. The molecule has 0 saturated carbocycles. The van der Waals surface area contributed by atoms with Gasteiger partial charge in [-0.1, -0.05) is 25.1 Å². The average molecular weight is 444 g/mol. The van der Waals surface area contributed by atoms with Crippen LogP contribution in [0.1, 0.15) is 47.9 Å². The van der Waals surface area contributed by atoms with Crippen molar-refractivity contribution in [1.29, 1.82) is 0 Å². The predicted octanol–water partition coefficient (Wildman–Crippen LogP) is 3.76. The summed E-state index contributed by atoms with van der Waals surface area (Å²) >= 11 is 5.28. The van der Waals surface area contributed by atoms with Gasteiger partial charge in [0.15, 0.2) is 5.11 Å². The molecule has 0 bridgehead atoms. The van der Waals surface area contributed by atoms with Crippen molar-refractivity contribution in [3.05, 3.63) is 59.7 Å². The number of benzene rings is 2. The lowest BCUT2D eigenvalue weighted by Crippen LogP contribution is -2.36. The largest absolute Gasteiger partial charge is 0.491 e. The van der Waals surface area contributed by atoms with Crippen LogP contribution in [0.2, 0.25) is 0 Å². The van der Waals surface area contributed by atoms with E-state index in [-0.39, 0.29) is 23.0 Å². The molecule has 3 N–H and O–H groups in total. The molecule has 2 amide bonds. The molecule has 31 heavy (non-hydrogen) atoms. The van der Waals surface area contributed by atoms with Gasteiger partial charge in [0.1, 0.15) is 12.4 Å². The molecule has 7 nitrogen and oxygen atoms in total. The summed E-state index contributed by atoms with van der Waals surface area (Å²) in [7, 11) is 0. The van der Waals surface area contributed by atoms with Crippen LogP contribution in [0, 0.1) is 0 Å². The van der Waals surface area contributed by atoms with Gasteiger partial charge in [-0.25, -0.2) is 0 Å². The smallest absolute Gasteiger partial charge is 0.257 e. The maximum Gasteiger partial charge on any atom is 0.257 e. The second-order valence-electron chi connectivity index (χ2n) is 6.81. The van der Waals surface area contributed by atoms with Gasteiger partial charge in [-0.3, -0.25) is 14.9 Å². The molecule has 8 heteroatoms. The molecule has 166 valence electrons. The second-order valence-corrected chi connectivity index (χ2v) is 7.22. The molecule has 0 fully saturated rings. The highest BCUT2D eigenvalue weighted by Gasteiger charge is 2.15. The van der Waals surface area contributed by atoms with Gasteiger partial charge >= 0.3 is 0 Å². The van der Waals surface area contributed by atoms with Crippen molar-refractivity contribution in [3.63, 3.8) is 0 Å². The molecule has 0 spiro atoms. The maximum atomic E-state index is 12.6. The summed E-state index contributed by atoms with van der Waals surface area (Å²) in [4.78, 5) is 25.1. The van der Waals surface area contributed by atoms with Gasteiger partial charge in [0.05, 0.1) is 17.9 Å². The number of carbonyl (C=O) groups excluding carboxylic acids is 2. The molecule has 0 aliphatic carbocycles. The molecule has 0 heterocycles. The average Bonchev–Trinajstić information content (AvgIpc) is 2.77. The maximum absolute atomic E-state index is 12.6. The van der Waals surface area contributed by atoms with Gasteiger partial charge in [0.25, 0.3) is 11.8 Å². The molecule has 0 radical (unpaired) electrons. The molecular formula is C23H29N3O4S. The molecule has 2 aromatic carbocycles. The number of nitrogens with one attached hydrogen (secondary N) is 3. The number of hydrogen-bond acceptors (Lipinski definition) is 5. The molecule has 1 unspecified atom stereocenters. The number of para-hydroxylation sites is 1. The van der Waals surface area contributed by atoms with E-state index in [0.29, 0.717) is 42.4 Å². The van der Waals surface area contributed by atoms with Crippen LogP contribution in [-0.2, 0) is 4.74 Å². The van der Waals surface area contributed by atoms with Gasteiger partial charge in [0.2, 0.25) is 0 Å². The highest BCUT2D eigenvalue weighted by atomic mass is 32.1. The van der Waals surface area contributed by atoms with Crippen LogP contribution in [-0.4, -0.2) is 42.8 Å². The Morgan fingerprint density at radius 2 is 1.81 bits per heavy atom. The quantitative estimate of drug-likeness (QED) is 0.383. The molecule has 2 rings (SSSR count). The Bertz CT molecular complexity index is 904. The number of thiocarbonyl (C=S) groups is 1. The Morgan fingerprint density at radius 3 is 2.55 bits per heavy atom. The molecule has 0 saturated heterocycles. The van der Waals surface area contributed by atoms with Crippen molar-refractivity contribution in [2.24, 2.45) is 0 Å². The number of ether oxygens (including phenoxy) is 2. The van der Waals surface area contributed by atoms with E-state index in [0.717, 1.165) is 6.42 Å². The zero-order chi connectivity index (χ0) is 22.6. The van der Waals surface area contributed by atoms with Crippen LogP contribution in [0.15, 0.2) is 48.5 Å².